The predicted octanol–water partition coefficient (Wildman–Crippen LogP) is 6.21. The molecular formula is C27H21ClN4O2. The highest BCUT2D eigenvalue weighted by molar-refractivity contribution is 6.34. The maximum Gasteiger partial charge on any atom is 0.255 e. The summed E-state index contributed by atoms with van der Waals surface area (Å²) in [6, 6.07) is 28.2. The van der Waals surface area contributed by atoms with E-state index < -0.39 is 0 Å². The van der Waals surface area contributed by atoms with E-state index in [4.69, 9.17) is 16.3 Å². The molecule has 0 spiro atoms. The molecule has 5 rings (SSSR count). The number of rotatable bonds is 6. The van der Waals surface area contributed by atoms with Gasteiger partial charge in [-0.3, -0.25) is 4.79 Å². The lowest BCUT2D eigenvalue weighted by Gasteiger charge is -2.10. The van der Waals surface area contributed by atoms with E-state index >= 15 is 0 Å². The molecule has 0 saturated carbocycles. The minimum absolute atomic E-state index is 0.294. The van der Waals surface area contributed by atoms with Gasteiger partial charge in [0.2, 0.25) is 0 Å². The molecule has 1 amide bonds. The molecular weight excluding hydrogens is 448 g/mol. The van der Waals surface area contributed by atoms with Crippen LogP contribution in [0.15, 0.2) is 91.0 Å². The van der Waals surface area contributed by atoms with Crippen LogP contribution in [0.3, 0.4) is 0 Å². The topological polar surface area (TPSA) is 69.0 Å². The molecule has 0 radical (unpaired) electrons. The number of hydrogen-bond donors (Lipinski definition) is 1. The molecule has 0 aliphatic carbocycles. The summed E-state index contributed by atoms with van der Waals surface area (Å²) in [5.41, 5.74) is 5.24. The number of benzene rings is 4. The number of nitrogens with one attached hydrogen (secondary N) is 1. The molecule has 7 heteroatoms. The molecule has 0 fully saturated rings. The van der Waals surface area contributed by atoms with Crippen LogP contribution in [0.2, 0.25) is 5.02 Å². The summed E-state index contributed by atoms with van der Waals surface area (Å²) in [6.45, 7) is 2.45. The van der Waals surface area contributed by atoms with Crippen LogP contribution in [0.5, 0.6) is 5.75 Å². The second kappa shape index (κ2) is 9.37. The third-order valence-electron chi connectivity index (χ3n) is 5.33. The van der Waals surface area contributed by atoms with E-state index in [1.54, 1.807) is 35.1 Å². The lowest BCUT2D eigenvalue weighted by atomic mass is 10.2. The van der Waals surface area contributed by atoms with Gasteiger partial charge in [0, 0.05) is 5.56 Å². The van der Waals surface area contributed by atoms with Crippen molar-refractivity contribution in [3.8, 4) is 11.4 Å². The second-order valence-electron chi connectivity index (χ2n) is 7.90. The van der Waals surface area contributed by atoms with Crippen molar-refractivity contribution in [1.29, 1.82) is 0 Å². The van der Waals surface area contributed by atoms with Crippen molar-refractivity contribution in [3.05, 3.63) is 113 Å². The van der Waals surface area contributed by atoms with Crippen LogP contribution in [-0.2, 0) is 6.61 Å². The van der Waals surface area contributed by atoms with Crippen LogP contribution in [0.4, 0.5) is 5.69 Å². The first-order valence-corrected chi connectivity index (χ1v) is 11.1. The Morgan fingerprint density at radius 3 is 2.41 bits per heavy atom. The predicted molar refractivity (Wildman–Crippen MR) is 134 cm³/mol. The van der Waals surface area contributed by atoms with Gasteiger partial charge in [-0.1, -0.05) is 65.7 Å². The van der Waals surface area contributed by atoms with Crippen molar-refractivity contribution >= 4 is 34.2 Å². The maximum absolute atomic E-state index is 12.9. The van der Waals surface area contributed by atoms with Crippen LogP contribution >= 0.6 is 11.6 Å². The first-order valence-electron chi connectivity index (χ1n) is 10.8. The van der Waals surface area contributed by atoms with E-state index in [2.05, 4.69) is 15.5 Å². The van der Waals surface area contributed by atoms with Gasteiger partial charge in [-0.05, 0) is 55.0 Å². The molecule has 0 atom stereocenters. The fraction of sp³-hybridized carbons (Fsp3) is 0.0741. The number of amides is 1. The van der Waals surface area contributed by atoms with E-state index in [0.29, 0.717) is 39.7 Å². The Labute approximate surface area is 201 Å². The zero-order chi connectivity index (χ0) is 23.5. The van der Waals surface area contributed by atoms with Crippen molar-refractivity contribution in [3.63, 3.8) is 0 Å². The first-order chi connectivity index (χ1) is 16.5. The van der Waals surface area contributed by atoms with Crippen LogP contribution in [0.1, 0.15) is 21.5 Å². The molecule has 0 aliphatic rings. The summed E-state index contributed by atoms with van der Waals surface area (Å²) in [6.07, 6.45) is 0. The summed E-state index contributed by atoms with van der Waals surface area (Å²) in [4.78, 5) is 14.5. The quantitative estimate of drug-likeness (QED) is 0.321. The van der Waals surface area contributed by atoms with Gasteiger partial charge in [0.05, 0.1) is 16.4 Å². The van der Waals surface area contributed by atoms with Gasteiger partial charge >= 0.3 is 0 Å². The van der Waals surface area contributed by atoms with Crippen LogP contribution in [-0.4, -0.2) is 20.9 Å². The van der Waals surface area contributed by atoms with Crippen molar-refractivity contribution in [2.45, 2.75) is 13.5 Å². The van der Waals surface area contributed by atoms with Crippen molar-refractivity contribution in [2.24, 2.45) is 0 Å². The number of fused-ring (bicyclic) bond motifs is 1. The number of halogens is 1. The minimum atomic E-state index is -0.294. The van der Waals surface area contributed by atoms with Gasteiger partial charge in [0.25, 0.3) is 5.91 Å². The molecule has 1 heterocycles. The van der Waals surface area contributed by atoms with E-state index in [0.717, 1.165) is 16.8 Å². The molecule has 0 saturated heterocycles. The van der Waals surface area contributed by atoms with Crippen LogP contribution < -0.4 is 10.1 Å². The molecule has 4 aromatic carbocycles. The number of aryl methyl sites for hydroxylation is 1. The van der Waals surface area contributed by atoms with Gasteiger partial charge in [0.15, 0.2) is 0 Å². The normalized spacial score (nSPS) is 10.9. The SMILES string of the molecule is Cc1ccc(-n2nc3cc(Cl)c(NC(=O)c4cccc(OCc5ccccc5)c4)cc3n2)cc1. The van der Waals surface area contributed by atoms with Crippen molar-refractivity contribution < 1.29 is 9.53 Å². The highest BCUT2D eigenvalue weighted by Gasteiger charge is 2.13. The Kier molecular flexibility index (Phi) is 5.97. The van der Waals surface area contributed by atoms with E-state index in [-0.39, 0.29) is 5.91 Å². The number of hydrogen-bond acceptors (Lipinski definition) is 4. The summed E-state index contributed by atoms with van der Waals surface area (Å²) in [7, 11) is 0. The molecule has 168 valence electrons. The number of ether oxygens (including phenoxy) is 1. The van der Waals surface area contributed by atoms with E-state index in [9.17, 15) is 4.79 Å². The molecule has 1 N–H and O–H groups in total. The largest absolute Gasteiger partial charge is 0.489 e. The molecule has 34 heavy (non-hydrogen) atoms. The number of carbonyl (C=O) groups excluding carboxylic acids is 1. The average Bonchev–Trinajstić information content (AvgIpc) is 3.27. The van der Waals surface area contributed by atoms with Gasteiger partial charge in [-0.25, -0.2) is 0 Å². The number of anilines is 1. The molecule has 1 aromatic heterocycles. The molecule has 6 nitrogen and oxygen atoms in total. The average molecular weight is 469 g/mol. The highest BCUT2D eigenvalue weighted by atomic mass is 35.5. The van der Waals surface area contributed by atoms with Crippen molar-refractivity contribution in [1.82, 2.24) is 15.0 Å². The smallest absolute Gasteiger partial charge is 0.255 e. The van der Waals surface area contributed by atoms with E-state index in [1.165, 1.54) is 0 Å². The van der Waals surface area contributed by atoms with Crippen molar-refractivity contribution in [2.75, 3.05) is 5.32 Å². The molecule has 0 aliphatic heterocycles. The third kappa shape index (κ3) is 4.77. The maximum atomic E-state index is 12.9. The summed E-state index contributed by atoms with van der Waals surface area (Å²) >= 11 is 6.44. The van der Waals surface area contributed by atoms with Gasteiger partial charge < -0.3 is 10.1 Å². The molecule has 0 unspecified atom stereocenters. The third-order valence-corrected chi connectivity index (χ3v) is 5.64. The molecule has 5 aromatic rings. The van der Waals surface area contributed by atoms with Crippen LogP contribution in [0, 0.1) is 6.92 Å². The summed E-state index contributed by atoms with van der Waals surface area (Å²) in [5, 5.41) is 12.3. The Hall–Kier alpha value is -4.16. The first kappa shape index (κ1) is 21.7. The van der Waals surface area contributed by atoms with Gasteiger partial charge in [-0.2, -0.15) is 4.80 Å². The fourth-order valence-electron chi connectivity index (χ4n) is 3.49. The summed E-state index contributed by atoms with van der Waals surface area (Å²) in [5.74, 6) is 0.316. The number of nitrogens with zero attached hydrogens (tertiary/aromatic N) is 3. The minimum Gasteiger partial charge on any atom is -0.489 e. The lowest BCUT2D eigenvalue weighted by molar-refractivity contribution is 0.102. The Morgan fingerprint density at radius 2 is 1.65 bits per heavy atom. The second-order valence-corrected chi connectivity index (χ2v) is 8.31. The monoisotopic (exact) mass is 468 g/mol. The number of aromatic nitrogens is 3. The Balaban J connectivity index is 1.33. The zero-order valence-electron chi connectivity index (χ0n) is 18.4. The van der Waals surface area contributed by atoms with Gasteiger partial charge in [0.1, 0.15) is 23.4 Å². The fourth-order valence-corrected chi connectivity index (χ4v) is 3.69. The zero-order valence-corrected chi connectivity index (χ0v) is 19.2. The van der Waals surface area contributed by atoms with Crippen LogP contribution in [0.25, 0.3) is 16.7 Å². The standard InChI is InChI=1S/C27H21ClN4O2/c1-18-10-12-21(13-11-18)32-30-25-15-23(28)24(16-26(25)31-32)29-27(33)20-8-5-9-22(14-20)34-17-19-6-3-2-4-7-19/h2-16H,17H2,1H3,(H,29,33). The highest BCUT2D eigenvalue weighted by Crippen LogP contribution is 2.28. The Morgan fingerprint density at radius 1 is 0.912 bits per heavy atom. The summed E-state index contributed by atoms with van der Waals surface area (Å²) < 4.78 is 5.84. The number of carbonyl (C=O) groups is 1. The Bertz CT molecular complexity index is 1460. The lowest BCUT2D eigenvalue weighted by Crippen LogP contribution is -2.12. The van der Waals surface area contributed by atoms with E-state index in [1.807, 2.05) is 67.6 Å². The molecule has 0 bridgehead atoms. The van der Waals surface area contributed by atoms with Gasteiger partial charge in [-0.15, -0.1) is 10.2 Å².